The van der Waals surface area contributed by atoms with Crippen molar-refractivity contribution in [3.05, 3.63) is 97.2 Å². The monoisotopic (exact) mass is 1140 g/mol. The van der Waals surface area contributed by atoms with Crippen molar-refractivity contribution in [2.75, 3.05) is 26.4 Å². The molecule has 2 atom stereocenters. The van der Waals surface area contributed by atoms with Crippen LogP contribution in [0.3, 0.4) is 0 Å². The van der Waals surface area contributed by atoms with E-state index in [1.807, 2.05) is 0 Å². The topological polar surface area (TPSA) is 134 Å². The summed E-state index contributed by atoms with van der Waals surface area (Å²) < 4.78 is 33.1. The molecule has 0 heterocycles. The molecule has 9 nitrogen and oxygen atoms in total. The molecule has 0 radical (unpaired) electrons. The molecule has 0 bridgehead atoms. The Morgan fingerprint density at radius 1 is 0.388 bits per heavy atom. The van der Waals surface area contributed by atoms with Crippen molar-refractivity contribution in [1.29, 1.82) is 0 Å². The Kier molecular flexibility index (Phi) is 62.6. The molecule has 462 valence electrons. The van der Waals surface area contributed by atoms with E-state index in [0.717, 1.165) is 89.9 Å². The maximum absolute atomic E-state index is 12.7. The minimum absolute atomic E-state index is 0.0523. The third-order valence-electron chi connectivity index (χ3n) is 14.2. The average Bonchev–Trinajstić information content (AvgIpc) is 3.45. The lowest BCUT2D eigenvalue weighted by molar-refractivity contribution is -0.161. The van der Waals surface area contributed by atoms with Gasteiger partial charge >= 0.3 is 19.8 Å². The summed E-state index contributed by atoms with van der Waals surface area (Å²) in [6.45, 7) is 3.67. The molecule has 0 rings (SSSR count). The maximum atomic E-state index is 12.7. The van der Waals surface area contributed by atoms with Crippen LogP contribution in [0.5, 0.6) is 0 Å². The molecule has 0 saturated carbocycles. The van der Waals surface area contributed by atoms with Crippen LogP contribution < -0.4 is 5.73 Å². The van der Waals surface area contributed by atoms with E-state index in [4.69, 9.17) is 24.3 Å². The van der Waals surface area contributed by atoms with Gasteiger partial charge in [0.05, 0.1) is 13.2 Å². The average molecular weight is 1140 g/mol. The highest BCUT2D eigenvalue weighted by Crippen LogP contribution is 2.43. The number of allylic oxidation sites excluding steroid dienone is 16. The normalized spacial score (nSPS) is 13.6. The predicted octanol–water partition coefficient (Wildman–Crippen LogP) is 21.6. The minimum Gasteiger partial charge on any atom is -0.462 e. The molecule has 0 spiro atoms. The third kappa shape index (κ3) is 64.1. The highest BCUT2D eigenvalue weighted by Gasteiger charge is 2.26. The molecule has 10 heteroatoms. The summed E-state index contributed by atoms with van der Waals surface area (Å²) in [5, 5.41) is 0. The van der Waals surface area contributed by atoms with E-state index in [1.54, 1.807) is 0 Å². The van der Waals surface area contributed by atoms with E-state index in [2.05, 4.69) is 111 Å². The van der Waals surface area contributed by atoms with Gasteiger partial charge in [0.15, 0.2) is 6.10 Å². The molecule has 2 unspecified atom stereocenters. The number of hydrogen-bond acceptors (Lipinski definition) is 8. The second kappa shape index (κ2) is 65.1. The SMILES string of the molecule is CC/C=C\C/C=C\C/C=C\C/C=C\C/C=C\C/C=C\C/C=C\C/C=C\CCCCCCCCCCCCCCCCC(=O)OC(COC(=O)CCCCCCCCCCCCCCCCCCCCCC)COP(=O)(O)OCCN. The molecule has 0 saturated heterocycles. The van der Waals surface area contributed by atoms with Crippen LogP contribution in [-0.2, 0) is 32.7 Å². The lowest BCUT2D eigenvalue weighted by atomic mass is 10.0. The van der Waals surface area contributed by atoms with Crippen molar-refractivity contribution in [2.45, 2.75) is 309 Å². The summed E-state index contributed by atoms with van der Waals surface area (Å²) in [4.78, 5) is 35.3. The van der Waals surface area contributed by atoms with Crippen molar-refractivity contribution in [1.82, 2.24) is 0 Å². The zero-order chi connectivity index (χ0) is 58.0. The van der Waals surface area contributed by atoms with Gasteiger partial charge in [-0.25, -0.2) is 4.57 Å². The number of hydrogen-bond donors (Lipinski definition) is 2. The molecule has 0 aliphatic rings. The molecule has 0 aliphatic carbocycles. The Morgan fingerprint density at radius 2 is 0.688 bits per heavy atom. The van der Waals surface area contributed by atoms with Gasteiger partial charge in [0.2, 0.25) is 0 Å². The van der Waals surface area contributed by atoms with Crippen LogP contribution in [0.1, 0.15) is 303 Å². The molecule has 3 N–H and O–H groups in total. The summed E-state index contributed by atoms with van der Waals surface area (Å²) in [5.41, 5.74) is 5.39. The van der Waals surface area contributed by atoms with Crippen molar-refractivity contribution < 1.29 is 37.6 Å². The summed E-state index contributed by atoms with van der Waals surface area (Å²) in [6, 6.07) is 0. The summed E-state index contributed by atoms with van der Waals surface area (Å²) >= 11 is 0. The van der Waals surface area contributed by atoms with Crippen LogP contribution >= 0.6 is 7.82 Å². The molecule has 0 aromatic carbocycles. The molecular weight excluding hydrogens is 1010 g/mol. The van der Waals surface area contributed by atoms with E-state index in [-0.39, 0.29) is 38.6 Å². The lowest BCUT2D eigenvalue weighted by Crippen LogP contribution is -2.29. The van der Waals surface area contributed by atoms with Crippen LogP contribution in [0.25, 0.3) is 0 Å². The summed E-state index contributed by atoms with van der Waals surface area (Å²) in [7, 11) is -4.39. The van der Waals surface area contributed by atoms with Crippen molar-refractivity contribution >= 4 is 19.8 Å². The highest BCUT2D eigenvalue weighted by atomic mass is 31.2. The molecule has 0 aromatic rings. The number of nitrogens with two attached hydrogens (primary N) is 1. The molecule has 80 heavy (non-hydrogen) atoms. The molecular formula is C70H124NO8P. The first-order valence-electron chi connectivity index (χ1n) is 33.2. The van der Waals surface area contributed by atoms with Gasteiger partial charge in [-0.05, 0) is 77.0 Å². The third-order valence-corrected chi connectivity index (χ3v) is 15.2. The van der Waals surface area contributed by atoms with Gasteiger partial charge < -0.3 is 20.1 Å². The molecule has 0 aliphatic heterocycles. The Bertz CT molecular complexity index is 1630. The van der Waals surface area contributed by atoms with Crippen LogP contribution in [0, 0.1) is 0 Å². The Hall–Kier alpha value is -3.07. The first-order valence-corrected chi connectivity index (χ1v) is 34.7. The second-order valence-electron chi connectivity index (χ2n) is 22.0. The lowest BCUT2D eigenvalue weighted by Gasteiger charge is -2.19. The quantitative estimate of drug-likeness (QED) is 0.0264. The van der Waals surface area contributed by atoms with E-state index in [0.29, 0.717) is 6.42 Å². The summed E-state index contributed by atoms with van der Waals surface area (Å²) in [6.07, 6.45) is 87.7. The van der Waals surface area contributed by atoms with Gasteiger partial charge in [0, 0.05) is 19.4 Å². The fourth-order valence-corrected chi connectivity index (χ4v) is 10.1. The van der Waals surface area contributed by atoms with Crippen LogP contribution in [0.15, 0.2) is 97.2 Å². The number of rotatable bonds is 62. The van der Waals surface area contributed by atoms with Crippen LogP contribution in [-0.4, -0.2) is 49.3 Å². The molecule has 0 amide bonds. The number of phosphoric ester groups is 1. The van der Waals surface area contributed by atoms with Crippen LogP contribution in [0.2, 0.25) is 0 Å². The van der Waals surface area contributed by atoms with E-state index >= 15 is 0 Å². The van der Waals surface area contributed by atoms with E-state index < -0.39 is 26.5 Å². The highest BCUT2D eigenvalue weighted by molar-refractivity contribution is 7.47. The second-order valence-corrected chi connectivity index (χ2v) is 23.4. The van der Waals surface area contributed by atoms with Crippen molar-refractivity contribution in [2.24, 2.45) is 5.73 Å². The molecule has 0 aromatic heterocycles. The van der Waals surface area contributed by atoms with Crippen molar-refractivity contribution in [3.63, 3.8) is 0 Å². The summed E-state index contributed by atoms with van der Waals surface area (Å²) in [5.74, 6) is -0.817. The fraction of sp³-hybridized carbons (Fsp3) is 0.743. The largest absolute Gasteiger partial charge is 0.472 e. The van der Waals surface area contributed by atoms with Crippen LogP contribution in [0.4, 0.5) is 0 Å². The van der Waals surface area contributed by atoms with Gasteiger partial charge in [-0.15, -0.1) is 0 Å². The smallest absolute Gasteiger partial charge is 0.462 e. The van der Waals surface area contributed by atoms with Gasteiger partial charge in [-0.3, -0.25) is 18.6 Å². The zero-order valence-corrected chi connectivity index (χ0v) is 52.7. The van der Waals surface area contributed by atoms with E-state index in [1.165, 1.54) is 180 Å². The van der Waals surface area contributed by atoms with Crippen molar-refractivity contribution in [3.8, 4) is 0 Å². The number of carbonyl (C=O) groups excluding carboxylic acids is 2. The Labute approximate surface area is 493 Å². The number of phosphoric acid groups is 1. The van der Waals surface area contributed by atoms with E-state index in [9.17, 15) is 19.0 Å². The Balaban J connectivity index is 3.88. The number of carbonyl (C=O) groups is 2. The van der Waals surface area contributed by atoms with Gasteiger partial charge in [0.1, 0.15) is 6.61 Å². The first-order chi connectivity index (χ1) is 39.3. The zero-order valence-electron chi connectivity index (χ0n) is 51.8. The number of ether oxygens (including phenoxy) is 2. The molecule has 0 fully saturated rings. The maximum Gasteiger partial charge on any atom is 0.472 e. The first kappa shape index (κ1) is 76.9. The number of unbranched alkanes of at least 4 members (excludes halogenated alkanes) is 33. The minimum atomic E-state index is -4.39. The number of esters is 2. The predicted molar refractivity (Wildman–Crippen MR) is 344 cm³/mol. The van der Waals surface area contributed by atoms with Gasteiger partial charge in [-0.2, -0.15) is 0 Å². The Morgan fingerprint density at radius 3 is 1.02 bits per heavy atom. The standard InChI is InChI=1S/C70H124NO8P/c1-3-5-7-9-11-13-15-17-19-21-23-25-26-27-28-29-30-31-32-33-34-35-36-37-38-39-40-41-42-43-45-47-49-51-53-55-57-59-61-63-70(73)79-68(67-78-80(74,75)77-65-64-71)66-76-69(72)62-60-58-56-54-52-50-48-46-44-24-22-20-18-16-14-12-10-8-6-4-2/h5,7,11,13,17,19,23,25,27-28,30-31,33-34,36-37,68H,3-4,6,8-10,12,14-16,18,20-22,24,26,29,32,35,38-67,71H2,1-2H3,(H,74,75)/b7-5-,13-11-,19-17-,25-23-,28-27-,31-30-,34-33-,37-36-. The van der Waals surface area contributed by atoms with Gasteiger partial charge in [0.25, 0.3) is 0 Å². The fourth-order valence-electron chi connectivity index (χ4n) is 9.36. The van der Waals surface area contributed by atoms with Gasteiger partial charge in [-0.1, -0.05) is 310 Å².